The number of carbonyl (C=O) groups is 2. The zero-order valence-corrected chi connectivity index (χ0v) is 20.9. The Bertz CT molecular complexity index is 1050. The fourth-order valence-electron chi connectivity index (χ4n) is 6.46. The summed E-state index contributed by atoms with van der Waals surface area (Å²) in [5.74, 6) is 0.0197. The molecule has 2 fully saturated rings. The van der Waals surface area contributed by atoms with Crippen LogP contribution in [0.5, 0.6) is 0 Å². The number of aliphatic hydroxyl groups excluding tert-OH is 1. The minimum atomic E-state index is -0.693. The van der Waals surface area contributed by atoms with Crippen LogP contribution in [0.3, 0.4) is 0 Å². The van der Waals surface area contributed by atoms with Crippen LogP contribution in [0, 0.1) is 11.8 Å². The summed E-state index contributed by atoms with van der Waals surface area (Å²) < 4.78 is 2.25. The van der Waals surface area contributed by atoms with Crippen molar-refractivity contribution in [3.63, 3.8) is 0 Å². The lowest BCUT2D eigenvalue weighted by atomic mass is 9.83. The SMILES string of the molecule is CC1CCc2c(ccc3c2nc(C(O)C2CCCCC2)n3C2CCCC(C(=O)O)C2)N1C.O=CO. The third kappa shape index (κ3) is 5.03. The molecule has 4 atom stereocenters. The van der Waals surface area contributed by atoms with E-state index in [1.54, 1.807) is 0 Å². The molecule has 0 saturated heterocycles. The lowest BCUT2D eigenvalue weighted by molar-refractivity contribution is -0.143. The van der Waals surface area contributed by atoms with Gasteiger partial charge >= 0.3 is 5.97 Å². The lowest BCUT2D eigenvalue weighted by Gasteiger charge is -2.34. The molecule has 1 aromatic carbocycles. The first kappa shape index (κ1) is 25.5. The van der Waals surface area contributed by atoms with Gasteiger partial charge in [0.05, 0.1) is 17.0 Å². The van der Waals surface area contributed by atoms with Crippen LogP contribution in [-0.2, 0) is 16.0 Å². The minimum absolute atomic E-state index is 0.0846. The molecule has 1 aromatic heterocycles. The highest BCUT2D eigenvalue weighted by atomic mass is 16.4. The maximum absolute atomic E-state index is 11.8. The Kier molecular flexibility index (Phi) is 7.99. The molecule has 1 aliphatic heterocycles. The second-order valence-electron chi connectivity index (χ2n) is 10.6. The third-order valence-corrected chi connectivity index (χ3v) is 8.54. The Morgan fingerprint density at radius 2 is 1.83 bits per heavy atom. The number of benzene rings is 1. The van der Waals surface area contributed by atoms with Crippen LogP contribution in [0.25, 0.3) is 11.0 Å². The topological polar surface area (TPSA) is 116 Å². The summed E-state index contributed by atoms with van der Waals surface area (Å²) in [6.45, 7) is 2.01. The number of fused-ring (bicyclic) bond motifs is 3. The first-order valence-electron chi connectivity index (χ1n) is 13.1. The highest BCUT2D eigenvalue weighted by Crippen LogP contribution is 2.43. The molecule has 3 aliphatic rings. The van der Waals surface area contributed by atoms with Gasteiger partial charge in [-0.3, -0.25) is 9.59 Å². The number of aromatic nitrogens is 2. The number of imidazole rings is 1. The number of aliphatic carboxylic acids is 1. The molecule has 0 amide bonds. The third-order valence-electron chi connectivity index (χ3n) is 8.54. The van der Waals surface area contributed by atoms with Gasteiger partial charge in [-0.1, -0.05) is 25.7 Å². The van der Waals surface area contributed by atoms with E-state index in [0.717, 1.165) is 61.8 Å². The van der Waals surface area contributed by atoms with Crippen LogP contribution < -0.4 is 4.90 Å². The van der Waals surface area contributed by atoms with Gasteiger partial charge in [0.15, 0.2) is 0 Å². The monoisotopic (exact) mass is 485 g/mol. The normalized spacial score (nSPS) is 25.9. The predicted octanol–water partition coefficient (Wildman–Crippen LogP) is 4.94. The molecule has 4 unspecified atom stereocenters. The summed E-state index contributed by atoms with van der Waals surface area (Å²) in [6.07, 6.45) is 10.4. The number of rotatable bonds is 4. The standard InChI is InChI=1S/C26H37N3O3.CH2O2/c1-16-11-12-20-21(28(16)2)13-14-22-23(20)27-25(24(30)17-7-4-3-5-8-17)29(22)19-10-6-9-18(15-19)26(31)32;2-1-3/h13-14,16-19,24,30H,3-12,15H2,1-2H3,(H,31,32);1H,(H,2,3). The molecule has 2 saturated carbocycles. The number of aryl methyl sites for hydroxylation is 1. The first-order valence-corrected chi connectivity index (χ1v) is 13.1. The van der Waals surface area contributed by atoms with Crippen LogP contribution >= 0.6 is 0 Å². The molecule has 8 nitrogen and oxygen atoms in total. The van der Waals surface area contributed by atoms with Gasteiger partial charge in [-0.2, -0.15) is 0 Å². The molecule has 8 heteroatoms. The highest BCUT2D eigenvalue weighted by Gasteiger charge is 2.35. The number of carboxylic acids is 1. The number of hydrogen-bond donors (Lipinski definition) is 3. The van der Waals surface area contributed by atoms with E-state index in [0.29, 0.717) is 12.5 Å². The highest BCUT2D eigenvalue weighted by molar-refractivity contribution is 5.86. The Balaban J connectivity index is 0.000000917. The largest absolute Gasteiger partial charge is 0.483 e. The van der Waals surface area contributed by atoms with Gasteiger partial charge in [-0.05, 0) is 69.9 Å². The molecular weight excluding hydrogens is 446 g/mol. The summed E-state index contributed by atoms with van der Waals surface area (Å²) >= 11 is 0. The van der Waals surface area contributed by atoms with Crippen LogP contribution in [0.1, 0.15) is 94.7 Å². The molecule has 2 aliphatic carbocycles. The summed E-state index contributed by atoms with van der Waals surface area (Å²) in [4.78, 5) is 27.6. The zero-order chi connectivity index (χ0) is 25.1. The van der Waals surface area contributed by atoms with Crippen LogP contribution in [0.15, 0.2) is 12.1 Å². The maximum Gasteiger partial charge on any atom is 0.306 e. The molecule has 192 valence electrons. The fraction of sp³-hybridized carbons (Fsp3) is 0.667. The van der Waals surface area contributed by atoms with E-state index in [1.807, 2.05) is 0 Å². The predicted molar refractivity (Wildman–Crippen MR) is 135 cm³/mol. The summed E-state index contributed by atoms with van der Waals surface area (Å²) in [5, 5.41) is 28.1. The first-order chi connectivity index (χ1) is 16.9. The average molecular weight is 486 g/mol. The van der Waals surface area contributed by atoms with Gasteiger partial charge in [0.1, 0.15) is 11.9 Å². The summed E-state index contributed by atoms with van der Waals surface area (Å²) in [6, 6.07) is 4.96. The Morgan fingerprint density at radius 1 is 1.11 bits per heavy atom. The van der Waals surface area contributed by atoms with E-state index in [-0.39, 0.29) is 24.3 Å². The molecule has 35 heavy (non-hydrogen) atoms. The van der Waals surface area contributed by atoms with E-state index in [2.05, 4.69) is 35.6 Å². The van der Waals surface area contributed by atoms with E-state index in [9.17, 15) is 15.0 Å². The molecule has 0 radical (unpaired) electrons. The van der Waals surface area contributed by atoms with E-state index in [1.165, 1.54) is 30.5 Å². The Hall–Kier alpha value is -2.61. The van der Waals surface area contributed by atoms with Crippen molar-refractivity contribution in [2.24, 2.45) is 11.8 Å². The number of aliphatic hydroxyl groups is 1. The molecule has 2 heterocycles. The quantitative estimate of drug-likeness (QED) is 0.525. The number of carboxylic acid groups (broad SMARTS) is 2. The summed E-state index contributed by atoms with van der Waals surface area (Å²) in [5.41, 5.74) is 4.62. The Labute approximate surface area is 207 Å². The van der Waals surface area contributed by atoms with Gasteiger partial charge in [0.25, 0.3) is 6.47 Å². The fourth-order valence-corrected chi connectivity index (χ4v) is 6.46. The van der Waals surface area contributed by atoms with Crippen LogP contribution in [0.4, 0.5) is 5.69 Å². The van der Waals surface area contributed by atoms with Crippen LogP contribution in [-0.4, -0.2) is 50.4 Å². The molecule has 2 aromatic rings. The molecule has 5 rings (SSSR count). The second kappa shape index (κ2) is 11.0. The van der Waals surface area contributed by atoms with Gasteiger partial charge in [-0.15, -0.1) is 0 Å². The zero-order valence-electron chi connectivity index (χ0n) is 20.9. The lowest BCUT2D eigenvalue weighted by Crippen LogP contribution is -2.33. The Morgan fingerprint density at radius 3 is 2.51 bits per heavy atom. The van der Waals surface area contributed by atoms with Crippen molar-refractivity contribution < 1.29 is 24.9 Å². The number of anilines is 1. The van der Waals surface area contributed by atoms with Crippen molar-refractivity contribution in [1.29, 1.82) is 0 Å². The molecular formula is C27H39N3O5. The molecule has 0 bridgehead atoms. The van der Waals surface area contributed by atoms with E-state index >= 15 is 0 Å². The smallest absolute Gasteiger partial charge is 0.306 e. The van der Waals surface area contributed by atoms with Crippen molar-refractivity contribution >= 4 is 29.2 Å². The van der Waals surface area contributed by atoms with Crippen molar-refractivity contribution in [2.75, 3.05) is 11.9 Å². The summed E-state index contributed by atoms with van der Waals surface area (Å²) in [7, 11) is 2.15. The second-order valence-corrected chi connectivity index (χ2v) is 10.6. The van der Waals surface area contributed by atoms with Crippen LogP contribution in [0.2, 0.25) is 0 Å². The van der Waals surface area contributed by atoms with Gasteiger partial charge in [-0.25, -0.2) is 4.98 Å². The molecule has 0 spiro atoms. The van der Waals surface area contributed by atoms with Crippen molar-refractivity contribution in [1.82, 2.24) is 9.55 Å². The van der Waals surface area contributed by atoms with Gasteiger partial charge < -0.3 is 24.8 Å². The average Bonchev–Trinajstić information content (AvgIpc) is 3.27. The van der Waals surface area contributed by atoms with E-state index in [4.69, 9.17) is 14.9 Å². The van der Waals surface area contributed by atoms with Gasteiger partial charge in [0.2, 0.25) is 0 Å². The van der Waals surface area contributed by atoms with Gasteiger partial charge in [0, 0.05) is 30.4 Å². The van der Waals surface area contributed by atoms with Crippen molar-refractivity contribution in [2.45, 2.75) is 95.7 Å². The van der Waals surface area contributed by atoms with E-state index < -0.39 is 12.1 Å². The minimum Gasteiger partial charge on any atom is -0.483 e. The maximum atomic E-state index is 11.8. The van der Waals surface area contributed by atoms with Crippen molar-refractivity contribution in [3.8, 4) is 0 Å². The molecule has 3 N–H and O–H groups in total. The number of nitrogens with zero attached hydrogens (tertiary/aromatic N) is 3. The number of hydrogen-bond acceptors (Lipinski definition) is 5. The van der Waals surface area contributed by atoms with Crippen molar-refractivity contribution in [3.05, 3.63) is 23.5 Å².